The maximum Gasteiger partial charge on any atom is 0.170 e. The predicted octanol–water partition coefficient (Wildman–Crippen LogP) is 2.08. The second-order valence-corrected chi connectivity index (χ2v) is 2.94. The van der Waals surface area contributed by atoms with Crippen molar-refractivity contribution in [3.8, 4) is 0 Å². The molecule has 0 aromatic carbocycles. The third-order valence-electron chi connectivity index (χ3n) is 1.52. The van der Waals surface area contributed by atoms with Gasteiger partial charge in [-0.25, -0.2) is 4.98 Å². The van der Waals surface area contributed by atoms with Gasteiger partial charge in [0.2, 0.25) is 0 Å². The molecule has 0 bridgehead atoms. The molecule has 0 saturated carbocycles. The smallest absolute Gasteiger partial charge is 0.170 e. The van der Waals surface area contributed by atoms with Crippen molar-refractivity contribution in [3.05, 3.63) is 35.5 Å². The number of carbonyl (C=O) groups excluding carboxylic acids is 1. The van der Waals surface area contributed by atoms with Crippen molar-refractivity contribution in [1.82, 2.24) is 4.98 Å². The molecule has 2 N–H and O–H groups in total. The summed E-state index contributed by atoms with van der Waals surface area (Å²) in [5, 5.41) is 0.404. The van der Waals surface area contributed by atoms with Crippen LogP contribution in [0, 0.1) is 0 Å². The summed E-state index contributed by atoms with van der Waals surface area (Å²) < 4.78 is 0. The Kier molecular flexibility index (Phi) is 3.03. The van der Waals surface area contributed by atoms with Gasteiger partial charge >= 0.3 is 0 Å². The molecule has 0 spiro atoms. The van der Waals surface area contributed by atoms with Gasteiger partial charge in [0, 0.05) is 12.6 Å². The van der Waals surface area contributed by atoms with E-state index in [9.17, 15) is 4.79 Å². The monoisotopic (exact) mass is 196 g/mol. The van der Waals surface area contributed by atoms with Gasteiger partial charge in [-0.15, -0.1) is 6.58 Å². The van der Waals surface area contributed by atoms with E-state index in [-0.39, 0.29) is 18.0 Å². The number of Topliss-reactive ketones (excluding diaryl/α,β-unsaturated/α-hetero) is 1. The van der Waals surface area contributed by atoms with Gasteiger partial charge in [-0.05, 0) is 6.07 Å². The highest BCUT2D eigenvalue weighted by Crippen LogP contribution is 2.16. The molecule has 0 radical (unpaired) electrons. The molecular formula is C9H9ClN2O. The van der Waals surface area contributed by atoms with Crippen LogP contribution in [0.5, 0.6) is 0 Å². The number of nitrogens with zero attached hydrogens (tertiary/aromatic N) is 1. The summed E-state index contributed by atoms with van der Waals surface area (Å²) in [6, 6.07) is 1.51. The van der Waals surface area contributed by atoms with Crippen molar-refractivity contribution < 1.29 is 4.79 Å². The fraction of sp³-hybridized carbons (Fsp3) is 0.111. The molecule has 1 aromatic rings. The third-order valence-corrected chi connectivity index (χ3v) is 1.72. The van der Waals surface area contributed by atoms with Gasteiger partial charge < -0.3 is 5.73 Å². The number of rotatable bonds is 3. The van der Waals surface area contributed by atoms with E-state index in [0.29, 0.717) is 10.6 Å². The van der Waals surface area contributed by atoms with Crippen molar-refractivity contribution in [2.24, 2.45) is 0 Å². The highest BCUT2D eigenvalue weighted by molar-refractivity contribution is 6.31. The summed E-state index contributed by atoms with van der Waals surface area (Å²) in [4.78, 5) is 15.1. The topological polar surface area (TPSA) is 56.0 Å². The Hall–Kier alpha value is -1.35. The Morgan fingerprint density at radius 1 is 1.77 bits per heavy atom. The zero-order valence-corrected chi connectivity index (χ0v) is 7.71. The SMILES string of the molecule is C=CCC(=O)c1cc(Cl)cnc1N. The molecule has 0 atom stereocenters. The van der Waals surface area contributed by atoms with Crippen LogP contribution in [-0.4, -0.2) is 10.8 Å². The van der Waals surface area contributed by atoms with Crippen LogP contribution in [0.25, 0.3) is 0 Å². The lowest BCUT2D eigenvalue weighted by Crippen LogP contribution is -2.04. The van der Waals surface area contributed by atoms with Gasteiger partial charge in [0.25, 0.3) is 0 Å². The first kappa shape index (κ1) is 9.74. The molecule has 13 heavy (non-hydrogen) atoms. The Labute approximate surface area is 81.2 Å². The van der Waals surface area contributed by atoms with Gasteiger partial charge in [0.15, 0.2) is 5.78 Å². The van der Waals surface area contributed by atoms with Crippen LogP contribution in [0.2, 0.25) is 5.02 Å². The number of carbonyl (C=O) groups is 1. The number of ketones is 1. The lowest BCUT2D eigenvalue weighted by Gasteiger charge is -2.01. The van der Waals surface area contributed by atoms with E-state index in [0.717, 1.165) is 0 Å². The van der Waals surface area contributed by atoms with Crippen molar-refractivity contribution in [2.45, 2.75) is 6.42 Å². The number of hydrogen-bond acceptors (Lipinski definition) is 3. The van der Waals surface area contributed by atoms with Crippen molar-refractivity contribution in [3.63, 3.8) is 0 Å². The maximum atomic E-state index is 11.4. The van der Waals surface area contributed by atoms with E-state index in [1.54, 1.807) is 0 Å². The Morgan fingerprint density at radius 2 is 2.46 bits per heavy atom. The highest BCUT2D eigenvalue weighted by atomic mass is 35.5. The normalized spacial score (nSPS) is 9.62. The minimum atomic E-state index is -0.123. The minimum Gasteiger partial charge on any atom is -0.383 e. The predicted molar refractivity (Wildman–Crippen MR) is 52.8 cm³/mol. The number of hydrogen-bond donors (Lipinski definition) is 1. The molecule has 68 valence electrons. The van der Waals surface area contributed by atoms with Crippen molar-refractivity contribution in [1.29, 1.82) is 0 Å². The van der Waals surface area contributed by atoms with Crippen LogP contribution in [0.3, 0.4) is 0 Å². The summed E-state index contributed by atoms with van der Waals surface area (Å²) in [6.45, 7) is 3.46. The summed E-state index contributed by atoms with van der Waals surface area (Å²) >= 11 is 5.66. The Bertz CT molecular complexity index is 349. The van der Waals surface area contributed by atoms with E-state index >= 15 is 0 Å². The van der Waals surface area contributed by atoms with Gasteiger partial charge in [-0.3, -0.25) is 4.79 Å². The molecular weight excluding hydrogens is 188 g/mol. The Morgan fingerprint density at radius 3 is 3.08 bits per heavy atom. The summed E-state index contributed by atoms with van der Waals surface area (Å²) in [7, 11) is 0. The molecule has 0 saturated heterocycles. The molecule has 0 fully saturated rings. The van der Waals surface area contributed by atoms with Crippen LogP contribution in [0.4, 0.5) is 5.82 Å². The fourth-order valence-electron chi connectivity index (χ4n) is 0.914. The molecule has 3 nitrogen and oxygen atoms in total. The molecule has 1 rings (SSSR count). The number of pyridine rings is 1. The number of anilines is 1. The zero-order chi connectivity index (χ0) is 9.84. The first-order valence-electron chi connectivity index (χ1n) is 3.70. The number of halogens is 1. The van der Waals surface area contributed by atoms with Crippen LogP contribution >= 0.6 is 11.6 Å². The van der Waals surface area contributed by atoms with Gasteiger partial charge in [-0.1, -0.05) is 17.7 Å². The first-order chi connectivity index (χ1) is 6.15. The molecule has 0 amide bonds. The van der Waals surface area contributed by atoms with Gasteiger partial charge in [-0.2, -0.15) is 0 Å². The van der Waals surface area contributed by atoms with Crippen molar-refractivity contribution in [2.75, 3.05) is 5.73 Å². The summed E-state index contributed by atoms with van der Waals surface area (Å²) in [5.74, 6) is 0.0822. The fourth-order valence-corrected chi connectivity index (χ4v) is 1.07. The zero-order valence-electron chi connectivity index (χ0n) is 6.96. The van der Waals surface area contributed by atoms with Gasteiger partial charge in [0.05, 0.1) is 10.6 Å². The second kappa shape index (κ2) is 4.05. The van der Waals surface area contributed by atoms with Crippen LogP contribution in [0.15, 0.2) is 24.9 Å². The third kappa shape index (κ3) is 2.29. The minimum absolute atomic E-state index is 0.123. The van der Waals surface area contributed by atoms with E-state index in [2.05, 4.69) is 11.6 Å². The molecule has 4 heteroatoms. The van der Waals surface area contributed by atoms with E-state index in [1.807, 2.05) is 0 Å². The van der Waals surface area contributed by atoms with Gasteiger partial charge in [0.1, 0.15) is 5.82 Å². The second-order valence-electron chi connectivity index (χ2n) is 2.50. The number of aromatic nitrogens is 1. The van der Waals surface area contributed by atoms with E-state index in [4.69, 9.17) is 17.3 Å². The quantitative estimate of drug-likeness (QED) is 0.595. The summed E-state index contributed by atoms with van der Waals surface area (Å²) in [6.07, 6.45) is 3.16. The standard InChI is InChI=1S/C9H9ClN2O/c1-2-3-8(13)7-4-6(10)5-12-9(7)11/h2,4-5H,1,3H2,(H2,11,12). The van der Waals surface area contributed by atoms with Crippen LogP contribution in [0.1, 0.15) is 16.8 Å². The van der Waals surface area contributed by atoms with Crippen molar-refractivity contribution >= 4 is 23.2 Å². The van der Waals surface area contributed by atoms with Crippen LogP contribution in [-0.2, 0) is 0 Å². The summed E-state index contributed by atoms with van der Waals surface area (Å²) in [5.41, 5.74) is 5.85. The molecule has 1 aromatic heterocycles. The molecule has 0 aliphatic heterocycles. The maximum absolute atomic E-state index is 11.4. The molecule has 0 unspecified atom stereocenters. The number of nitrogens with two attached hydrogens (primary N) is 1. The highest BCUT2D eigenvalue weighted by Gasteiger charge is 2.09. The lowest BCUT2D eigenvalue weighted by molar-refractivity contribution is 0.0996. The first-order valence-corrected chi connectivity index (χ1v) is 4.08. The molecule has 0 aliphatic rings. The average Bonchev–Trinajstić information content (AvgIpc) is 2.09. The number of nitrogen functional groups attached to an aromatic ring is 1. The molecule has 1 heterocycles. The van der Waals surface area contributed by atoms with E-state index in [1.165, 1.54) is 18.3 Å². The average molecular weight is 197 g/mol. The largest absolute Gasteiger partial charge is 0.383 e. The van der Waals surface area contributed by atoms with Crippen LogP contribution < -0.4 is 5.73 Å². The number of allylic oxidation sites excluding steroid dienone is 1. The Balaban J connectivity index is 3.05. The van der Waals surface area contributed by atoms with E-state index < -0.39 is 0 Å². The lowest BCUT2D eigenvalue weighted by atomic mass is 10.1. The molecule has 0 aliphatic carbocycles.